The summed E-state index contributed by atoms with van der Waals surface area (Å²) in [5.74, 6) is -0.533. The van der Waals surface area contributed by atoms with E-state index in [1.54, 1.807) is 48.1 Å². The molecule has 7 nitrogen and oxygen atoms in total. The lowest BCUT2D eigenvalue weighted by atomic mass is 10.2. The number of carbonyl (C=O) groups is 1. The van der Waals surface area contributed by atoms with Gasteiger partial charge in [-0.15, -0.1) is 11.3 Å². The molecule has 0 saturated heterocycles. The number of sulfonamides is 1. The second kappa shape index (κ2) is 7.89. The summed E-state index contributed by atoms with van der Waals surface area (Å²) in [6.45, 7) is 0. The molecular formula is C17H14N4O3S2. The Hall–Kier alpha value is -3.04. The van der Waals surface area contributed by atoms with Crippen LogP contribution in [0.3, 0.4) is 0 Å². The van der Waals surface area contributed by atoms with Gasteiger partial charge in [0.2, 0.25) is 0 Å². The van der Waals surface area contributed by atoms with Gasteiger partial charge in [0.25, 0.3) is 15.9 Å². The van der Waals surface area contributed by atoms with Crippen molar-refractivity contribution in [1.29, 1.82) is 0 Å². The van der Waals surface area contributed by atoms with Crippen LogP contribution in [-0.4, -0.2) is 25.5 Å². The van der Waals surface area contributed by atoms with Crippen molar-refractivity contribution in [3.63, 3.8) is 0 Å². The first-order valence-corrected chi connectivity index (χ1v) is 9.81. The van der Waals surface area contributed by atoms with Crippen LogP contribution in [0, 0.1) is 0 Å². The van der Waals surface area contributed by atoms with E-state index >= 15 is 0 Å². The monoisotopic (exact) mass is 386 g/mol. The minimum atomic E-state index is -3.75. The Morgan fingerprint density at radius 2 is 1.96 bits per heavy atom. The number of rotatable bonds is 6. The summed E-state index contributed by atoms with van der Waals surface area (Å²) in [4.78, 5) is 16.3. The van der Waals surface area contributed by atoms with Gasteiger partial charge in [0.1, 0.15) is 4.21 Å². The smallest absolute Gasteiger partial charge is 0.273 e. The molecule has 0 fully saturated rings. The van der Waals surface area contributed by atoms with E-state index in [4.69, 9.17) is 0 Å². The van der Waals surface area contributed by atoms with Gasteiger partial charge in [0.15, 0.2) is 0 Å². The molecule has 1 amide bonds. The number of anilines is 1. The van der Waals surface area contributed by atoms with Crippen molar-refractivity contribution in [2.45, 2.75) is 4.21 Å². The Kier molecular flexibility index (Phi) is 5.40. The van der Waals surface area contributed by atoms with Gasteiger partial charge in [-0.2, -0.15) is 5.10 Å². The molecular weight excluding hydrogens is 372 g/mol. The molecule has 9 heteroatoms. The quantitative estimate of drug-likeness (QED) is 0.502. The molecule has 132 valence electrons. The van der Waals surface area contributed by atoms with E-state index in [9.17, 15) is 13.2 Å². The van der Waals surface area contributed by atoms with Crippen LogP contribution in [0.2, 0.25) is 0 Å². The number of hydrogen-bond acceptors (Lipinski definition) is 6. The van der Waals surface area contributed by atoms with Gasteiger partial charge in [-0.05, 0) is 29.6 Å². The summed E-state index contributed by atoms with van der Waals surface area (Å²) < 4.78 is 27.3. The fourth-order valence-electron chi connectivity index (χ4n) is 2.06. The Balaban J connectivity index is 1.76. The second-order valence-corrected chi connectivity index (χ2v) is 7.93. The highest BCUT2D eigenvalue weighted by Crippen LogP contribution is 2.22. The zero-order valence-electron chi connectivity index (χ0n) is 13.4. The van der Waals surface area contributed by atoms with Gasteiger partial charge >= 0.3 is 0 Å². The van der Waals surface area contributed by atoms with Gasteiger partial charge < -0.3 is 0 Å². The molecule has 26 heavy (non-hydrogen) atoms. The van der Waals surface area contributed by atoms with Gasteiger partial charge in [0.05, 0.1) is 17.5 Å². The number of carbonyl (C=O) groups excluding carboxylic acids is 1. The molecule has 0 radical (unpaired) electrons. The lowest BCUT2D eigenvalue weighted by Gasteiger charge is -2.10. The fraction of sp³-hybridized carbons (Fsp3) is 0. The van der Waals surface area contributed by atoms with E-state index in [1.165, 1.54) is 24.4 Å². The average Bonchev–Trinajstić information content (AvgIpc) is 3.18. The predicted molar refractivity (Wildman–Crippen MR) is 101 cm³/mol. The molecule has 3 aromatic rings. The summed E-state index contributed by atoms with van der Waals surface area (Å²) in [6.07, 6.45) is 4.67. The van der Waals surface area contributed by atoms with Crippen LogP contribution in [0.1, 0.15) is 15.9 Å². The Morgan fingerprint density at radius 3 is 2.69 bits per heavy atom. The molecule has 0 saturated carbocycles. The van der Waals surface area contributed by atoms with Crippen molar-refractivity contribution in [3.05, 3.63) is 77.4 Å². The number of hydrazone groups is 1. The van der Waals surface area contributed by atoms with E-state index in [1.807, 2.05) is 0 Å². The number of amides is 1. The minimum Gasteiger partial charge on any atom is -0.278 e. The van der Waals surface area contributed by atoms with Crippen molar-refractivity contribution in [2.75, 3.05) is 4.72 Å². The van der Waals surface area contributed by atoms with Gasteiger partial charge in [-0.3, -0.25) is 14.5 Å². The second-order valence-electron chi connectivity index (χ2n) is 5.07. The maximum absolute atomic E-state index is 12.4. The van der Waals surface area contributed by atoms with E-state index in [2.05, 4.69) is 20.2 Å². The maximum Gasteiger partial charge on any atom is 0.273 e. The summed E-state index contributed by atoms with van der Waals surface area (Å²) >= 11 is 1.09. The molecule has 2 heterocycles. The van der Waals surface area contributed by atoms with E-state index in [-0.39, 0.29) is 15.5 Å². The fourth-order valence-corrected chi connectivity index (χ4v) is 4.13. The highest BCUT2D eigenvalue weighted by Gasteiger charge is 2.19. The van der Waals surface area contributed by atoms with Gasteiger partial charge in [-0.25, -0.2) is 13.8 Å². The summed E-state index contributed by atoms with van der Waals surface area (Å²) in [7, 11) is -3.75. The van der Waals surface area contributed by atoms with Crippen LogP contribution in [0.15, 0.2) is 75.6 Å². The molecule has 2 aromatic heterocycles. The van der Waals surface area contributed by atoms with E-state index < -0.39 is 15.9 Å². The number of nitrogens with zero attached hydrogens (tertiary/aromatic N) is 2. The number of benzene rings is 1. The standard InChI is InChI=1S/C17H14N4O3S2/c22-17(20-19-12-13-5-3-9-18-11-13)14-6-1-2-7-15(14)21-26(23,24)16-8-4-10-25-16/h1-12,21H,(H,20,22)/b19-12-. The Morgan fingerprint density at radius 1 is 1.12 bits per heavy atom. The normalized spacial score (nSPS) is 11.4. The number of nitrogens with one attached hydrogen (secondary N) is 2. The maximum atomic E-state index is 12.4. The Labute approximate surface area is 154 Å². The van der Waals surface area contributed by atoms with Crippen molar-refractivity contribution in [2.24, 2.45) is 5.10 Å². The lowest BCUT2D eigenvalue weighted by molar-refractivity contribution is 0.0956. The number of pyridine rings is 1. The predicted octanol–water partition coefficient (Wildman–Crippen LogP) is 2.71. The number of aromatic nitrogens is 1. The van der Waals surface area contributed by atoms with Gasteiger partial charge in [0, 0.05) is 18.0 Å². The van der Waals surface area contributed by atoms with Crippen LogP contribution in [-0.2, 0) is 10.0 Å². The third kappa shape index (κ3) is 4.32. The molecule has 3 rings (SSSR count). The lowest BCUT2D eigenvalue weighted by Crippen LogP contribution is -2.21. The number of thiophene rings is 1. The zero-order valence-corrected chi connectivity index (χ0v) is 15.0. The van der Waals surface area contributed by atoms with Crippen molar-refractivity contribution in [3.8, 4) is 0 Å². The van der Waals surface area contributed by atoms with E-state index in [0.717, 1.165) is 16.9 Å². The molecule has 0 aliphatic rings. The molecule has 2 N–H and O–H groups in total. The molecule has 1 aromatic carbocycles. The first-order chi connectivity index (χ1) is 12.6. The van der Waals surface area contributed by atoms with Crippen molar-refractivity contribution >= 4 is 39.2 Å². The topological polar surface area (TPSA) is 101 Å². The third-order valence-electron chi connectivity index (χ3n) is 3.24. The van der Waals surface area contributed by atoms with Crippen molar-refractivity contribution < 1.29 is 13.2 Å². The molecule has 0 aliphatic carbocycles. The highest BCUT2D eigenvalue weighted by atomic mass is 32.2. The Bertz CT molecular complexity index is 1020. The van der Waals surface area contributed by atoms with Crippen LogP contribution in [0.25, 0.3) is 0 Å². The SMILES string of the molecule is O=C(N/N=C\c1cccnc1)c1ccccc1NS(=O)(=O)c1cccs1. The largest absolute Gasteiger partial charge is 0.278 e. The molecule has 0 aliphatic heterocycles. The van der Waals surface area contributed by atoms with E-state index in [0.29, 0.717) is 0 Å². The molecule has 0 atom stereocenters. The zero-order chi connectivity index (χ0) is 18.4. The van der Waals surface area contributed by atoms with Crippen LogP contribution >= 0.6 is 11.3 Å². The first-order valence-electron chi connectivity index (χ1n) is 7.45. The van der Waals surface area contributed by atoms with Crippen LogP contribution in [0.4, 0.5) is 5.69 Å². The molecule has 0 spiro atoms. The molecule has 0 bridgehead atoms. The number of para-hydroxylation sites is 1. The minimum absolute atomic E-state index is 0.163. The van der Waals surface area contributed by atoms with Crippen molar-refractivity contribution in [1.82, 2.24) is 10.4 Å². The van der Waals surface area contributed by atoms with Gasteiger partial charge in [-0.1, -0.05) is 24.3 Å². The summed E-state index contributed by atoms with van der Waals surface area (Å²) in [5.41, 5.74) is 3.44. The summed E-state index contributed by atoms with van der Waals surface area (Å²) in [6, 6.07) is 13.0. The van der Waals surface area contributed by atoms with Crippen LogP contribution < -0.4 is 10.1 Å². The first kappa shape index (κ1) is 17.8. The highest BCUT2D eigenvalue weighted by molar-refractivity contribution is 7.94. The summed E-state index contributed by atoms with van der Waals surface area (Å²) in [5, 5.41) is 5.53. The molecule has 0 unspecified atom stereocenters. The van der Waals surface area contributed by atoms with Crippen LogP contribution in [0.5, 0.6) is 0 Å². The number of hydrogen-bond donors (Lipinski definition) is 2. The third-order valence-corrected chi connectivity index (χ3v) is 6.00. The average molecular weight is 386 g/mol.